The number of para-hydroxylation sites is 1. The van der Waals surface area contributed by atoms with Gasteiger partial charge in [0.1, 0.15) is 0 Å². The SMILES string of the molecule is Cc1nn(-c2ccccc2)c(C)c1NC(=O)c1ccc(Br)cc1. The largest absolute Gasteiger partial charge is 0.319 e. The summed E-state index contributed by atoms with van der Waals surface area (Å²) in [6.45, 7) is 3.84. The van der Waals surface area contributed by atoms with Crippen LogP contribution in [0.2, 0.25) is 0 Å². The van der Waals surface area contributed by atoms with Crippen LogP contribution < -0.4 is 5.32 Å². The Labute approximate surface area is 143 Å². The van der Waals surface area contributed by atoms with Gasteiger partial charge in [-0.1, -0.05) is 34.1 Å². The summed E-state index contributed by atoms with van der Waals surface area (Å²) in [6, 6.07) is 17.1. The normalized spacial score (nSPS) is 10.6. The zero-order valence-corrected chi connectivity index (χ0v) is 14.5. The zero-order chi connectivity index (χ0) is 16.4. The number of nitrogens with one attached hydrogen (secondary N) is 1. The fraction of sp³-hybridized carbons (Fsp3) is 0.111. The highest BCUT2D eigenvalue weighted by Crippen LogP contribution is 2.23. The molecule has 3 aromatic rings. The van der Waals surface area contributed by atoms with Crippen LogP contribution in [0, 0.1) is 13.8 Å². The van der Waals surface area contributed by atoms with E-state index in [2.05, 4.69) is 26.3 Å². The van der Waals surface area contributed by atoms with E-state index in [1.165, 1.54) is 0 Å². The van der Waals surface area contributed by atoms with Gasteiger partial charge in [-0.25, -0.2) is 4.68 Å². The summed E-state index contributed by atoms with van der Waals surface area (Å²) in [4.78, 5) is 12.4. The van der Waals surface area contributed by atoms with Gasteiger partial charge in [0.05, 0.1) is 22.8 Å². The summed E-state index contributed by atoms with van der Waals surface area (Å²) in [5.41, 5.74) is 4.02. The number of rotatable bonds is 3. The molecule has 0 bridgehead atoms. The number of anilines is 1. The van der Waals surface area contributed by atoms with E-state index in [0.717, 1.165) is 27.2 Å². The second-order valence-electron chi connectivity index (χ2n) is 5.25. The minimum atomic E-state index is -0.142. The molecule has 0 radical (unpaired) electrons. The molecule has 0 aliphatic rings. The summed E-state index contributed by atoms with van der Waals surface area (Å²) in [7, 11) is 0. The number of halogens is 1. The minimum Gasteiger partial charge on any atom is -0.319 e. The molecule has 0 atom stereocenters. The van der Waals surface area contributed by atoms with Gasteiger partial charge in [0.15, 0.2) is 0 Å². The van der Waals surface area contributed by atoms with Crippen LogP contribution in [0.15, 0.2) is 59.1 Å². The molecular weight excluding hydrogens is 354 g/mol. The van der Waals surface area contributed by atoms with Crippen molar-refractivity contribution in [2.24, 2.45) is 0 Å². The number of hydrogen-bond donors (Lipinski definition) is 1. The first kappa shape index (κ1) is 15.5. The summed E-state index contributed by atoms with van der Waals surface area (Å²) < 4.78 is 2.78. The van der Waals surface area contributed by atoms with Crippen molar-refractivity contribution >= 4 is 27.5 Å². The van der Waals surface area contributed by atoms with Gasteiger partial charge in [0.25, 0.3) is 5.91 Å². The number of benzene rings is 2. The molecule has 4 nitrogen and oxygen atoms in total. The molecule has 1 N–H and O–H groups in total. The molecule has 0 saturated heterocycles. The summed E-state index contributed by atoms with van der Waals surface area (Å²) in [6.07, 6.45) is 0. The topological polar surface area (TPSA) is 46.9 Å². The second kappa shape index (κ2) is 6.38. The van der Waals surface area contributed by atoms with E-state index in [0.29, 0.717) is 5.56 Å². The molecule has 116 valence electrons. The van der Waals surface area contributed by atoms with E-state index < -0.39 is 0 Å². The number of aryl methyl sites for hydroxylation is 1. The van der Waals surface area contributed by atoms with Crippen LogP contribution in [-0.4, -0.2) is 15.7 Å². The Morgan fingerprint density at radius 3 is 2.35 bits per heavy atom. The van der Waals surface area contributed by atoms with Gasteiger partial charge >= 0.3 is 0 Å². The number of hydrogen-bond acceptors (Lipinski definition) is 2. The predicted octanol–water partition coefficient (Wildman–Crippen LogP) is 4.50. The van der Waals surface area contributed by atoms with Gasteiger partial charge < -0.3 is 5.32 Å². The molecule has 5 heteroatoms. The van der Waals surface area contributed by atoms with Crippen LogP contribution in [0.4, 0.5) is 5.69 Å². The van der Waals surface area contributed by atoms with E-state index >= 15 is 0 Å². The highest BCUT2D eigenvalue weighted by Gasteiger charge is 2.16. The molecule has 0 aliphatic carbocycles. The van der Waals surface area contributed by atoms with E-state index in [1.807, 2.05) is 61.0 Å². The number of amides is 1. The Morgan fingerprint density at radius 2 is 1.70 bits per heavy atom. The van der Waals surface area contributed by atoms with Crippen molar-refractivity contribution in [1.82, 2.24) is 9.78 Å². The monoisotopic (exact) mass is 369 g/mol. The van der Waals surface area contributed by atoms with Crippen molar-refractivity contribution < 1.29 is 4.79 Å². The van der Waals surface area contributed by atoms with Crippen LogP contribution in [0.25, 0.3) is 5.69 Å². The smallest absolute Gasteiger partial charge is 0.255 e. The lowest BCUT2D eigenvalue weighted by Crippen LogP contribution is -2.13. The van der Waals surface area contributed by atoms with Crippen molar-refractivity contribution in [3.8, 4) is 5.69 Å². The van der Waals surface area contributed by atoms with E-state index in [1.54, 1.807) is 12.1 Å². The maximum Gasteiger partial charge on any atom is 0.255 e. The molecule has 0 fully saturated rings. The lowest BCUT2D eigenvalue weighted by atomic mass is 10.2. The van der Waals surface area contributed by atoms with Gasteiger partial charge in [-0.3, -0.25) is 4.79 Å². The average molecular weight is 370 g/mol. The van der Waals surface area contributed by atoms with Crippen molar-refractivity contribution in [2.75, 3.05) is 5.32 Å². The van der Waals surface area contributed by atoms with Gasteiger partial charge in [-0.05, 0) is 50.2 Å². The first-order chi connectivity index (χ1) is 11.1. The first-order valence-electron chi connectivity index (χ1n) is 7.25. The molecule has 0 spiro atoms. The maximum absolute atomic E-state index is 12.4. The Bertz CT molecular complexity index is 839. The standard InChI is InChI=1S/C18H16BrN3O/c1-12-17(20-18(23)14-8-10-15(19)11-9-14)13(2)22(21-12)16-6-4-3-5-7-16/h3-11H,1-2H3,(H,20,23). The fourth-order valence-electron chi connectivity index (χ4n) is 2.43. The van der Waals surface area contributed by atoms with Gasteiger partial charge in [0, 0.05) is 10.0 Å². The Balaban J connectivity index is 1.90. The van der Waals surface area contributed by atoms with Crippen LogP contribution in [0.3, 0.4) is 0 Å². The highest BCUT2D eigenvalue weighted by atomic mass is 79.9. The van der Waals surface area contributed by atoms with Crippen LogP contribution >= 0.6 is 15.9 Å². The summed E-state index contributed by atoms with van der Waals surface area (Å²) >= 11 is 3.37. The average Bonchev–Trinajstić information content (AvgIpc) is 2.84. The van der Waals surface area contributed by atoms with Crippen LogP contribution in [-0.2, 0) is 0 Å². The molecule has 0 aliphatic heterocycles. The van der Waals surface area contributed by atoms with E-state index in [-0.39, 0.29) is 5.91 Å². The maximum atomic E-state index is 12.4. The number of carbonyl (C=O) groups is 1. The number of aromatic nitrogens is 2. The van der Waals surface area contributed by atoms with E-state index in [4.69, 9.17) is 0 Å². The van der Waals surface area contributed by atoms with Crippen molar-refractivity contribution in [2.45, 2.75) is 13.8 Å². The van der Waals surface area contributed by atoms with E-state index in [9.17, 15) is 4.79 Å². The molecule has 1 amide bonds. The predicted molar refractivity (Wildman–Crippen MR) is 95.1 cm³/mol. The van der Waals surface area contributed by atoms with Gasteiger partial charge in [-0.15, -0.1) is 0 Å². The Kier molecular flexibility index (Phi) is 4.30. The number of nitrogens with zero attached hydrogens (tertiary/aromatic N) is 2. The molecule has 3 rings (SSSR count). The molecule has 23 heavy (non-hydrogen) atoms. The van der Waals surface area contributed by atoms with Crippen molar-refractivity contribution in [1.29, 1.82) is 0 Å². The second-order valence-corrected chi connectivity index (χ2v) is 6.17. The Morgan fingerprint density at radius 1 is 1.04 bits per heavy atom. The molecule has 0 saturated carbocycles. The molecule has 1 heterocycles. The first-order valence-corrected chi connectivity index (χ1v) is 8.04. The molecular formula is C18H16BrN3O. The third-order valence-electron chi connectivity index (χ3n) is 3.64. The lowest BCUT2D eigenvalue weighted by Gasteiger charge is -2.07. The van der Waals surface area contributed by atoms with Gasteiger partial charge in [0.2, 0.25) is 0 Å². The quantitative estimate of drug-likeness (QED) is 0.738. The summed E-state index contributed by atoms with van der Waals surface area (Å²) in [5, 5.41) is 7.50. The summed E-state index contributed by atoms with van der Waals surface area (Å²) in [5.74, 6) is -0.142. The number of carbonyl (C=O) groups excluding carboxylic acids is 1. The molecule has 1 aromatic heterocycles. The zero-order valence-electron chi connectivity index (χ0n) is 12.9. The Hall–Kier alpha value is -2.40. The van der Waals surface area contributed by atoms with Crippen molar-refractivity contribution in [3.05, 3.63) is 76.0 Å². The third kappa shape index (κ3) is 3.19. The van der Waals surface area contributed by atoms with Crippen LogP contribution in [0.1, 0.15) is 21.7 Å². The van der Waals surface area contributed by atoms with Gasteiger partial charge in [-0.2, -0.15) is 5.10 Å². The highest BCUT2D eigenvalue weighted by molar-refractivity contribution is 9.10. The van der Waals surface area contributed by atoms with Crippen LogP contribution in [0.5, 0.6) is 0 Å². The van der Waals surface area contributed by atoms with Crippen molar-refractivity contribution in [3.63, 3.8) is 0 Å². The third-order valence-corrected chi connectivity index (χ3v) is 4.17. The minimum absolute atomic E-state index is 0.142. The fourth-order valence-corrected chi connectivity index (χ4v) is 2.70. The molecule has 0 unspecified atom stereocenters. The molecule has 2 aromatic carbocycles. The lowest BCUT2D eigenvalue weighted by molar-refractivity contribution is 0.102.